The largest absolute Gasteiger partial charge is 0.336 e. The van der Waals surface area contributed by atoms with E-state index in [1.54, 1.807) is 23.7 Å². The third-order valence-corrected chi connectivity index (χ3v) is 4.99. The third-order valence-electron chi connectivity index (χ3n) is 3.95. The molecular formula is C16H21N5OS. The highest BCUT2D eigenvalue weighted by atomic mass is 32.1. The zero-order chi connectivity index (χ0) is 16.1. The number of hydrogen-bond acceptors (Lipinski definition) is 6. The first-order valence-corrected chi connectivity index (χ1v) is 8.85. The van der Waals surface area contributed by atoms with Crippen molar-refractivity contribution in [3.8, 4) is 0 Å². The molecule has 3 heterocycles. The summed E-state index contributed by atoms with van der Waals surface area (Å²) in [5.74, 6) is -0.0260. The average Bonchev–Trinajstić information content (AvgIpc) is 2.92. The molecule has 0 radical (unpaired) electrons. The number of aryl methyl sites for hydroxylation is 1. The fraction of sp³-hybridized carbons (Fsp3) is 0.500. The lowest BCUT2D eigenvalue weighted by atomic mass is 10.3. The summed E-state index contributed by atoms with van der Waals surface area (Å²) in [5.41, 5.74) is 1.56. The van der Waals surface area contributed by atoms with Crippen molar-refractivity contribution in [2.45, 2.75) is 26.3 Å². The van der Waals surface area contributed by atoms with Crippen molar-refractivity contribution >= 4 is 17.2 Å². The number of thiazole rings is 1. The Labute approximate surface area is 140 Å². The minimum atomic E-state index is -0.0260. The van der Waals surface area contributed by atoms with Crippen LogP contribution in [-0.2, 0) is 13.0 Å². The van der Waals surface area contributed by atoms with Crippen LogP contribution in [0.2, 0.25) is 0 Å². The van der Waals surface area contributed by atoms with Crippen molar-refractivity contribution < 1.29 is 4.79 Å². The molecule has 2 aromatic heterocycles. The van der Waals surface area contributed by atoms with Gasteiger partial charge in [-0.3, -0.25) is 14.7 Å². The number of carbonyl (C=O) groups excluding carboxylic acids is 1. The molecule has 0 N–H and O–H groups in total. The third kappa shape index (κ3) is 4.11. The van der Waals surface area contributed by atoms with Gasteiger partial charge in [-0.1, -0.05) is 6.92 Å². The first-order valence-electron chi connectivity index (χ1n) is 7.97. The molecule has 7 heteroatoms. The van der Waals surface area contributed by atoms with E-state index in [2.05, 4.69) is 32.2 Å². The van der Waals surface area contributed by atoms with E-state index in [0.717, 1.165) is 51.3 Å². The van der Waals surface area contributed by atoms with Crippen molar-refractivity contribution in [1.29, 1.82) is 0 Å². The van der Waals surface area contributed by atoms with Gasteiger partial charge in [0.25, 0.3) is 5.91 Å². The van der Waals surface area contributed by atoms with Crippen LogP contribution >= 0.6 is 11.3 Å². The predicted molar refractivity (Wildman–Crippen MR) is 89.3 cm³/mol. The molecule has 1 aliphatic rings. The summed E-state index contributed by atoms with van der Waals surface area (Å²) in [6.07, 6.45) is 6.64. The van der Waals surface area contributed by atoms with Crippen LogP contribution in [0.1, 0.15) is 34.5 Å². The highest BCUT2D eigenvalue weighted by Gasteiger charge is 2.21. The second kappa shape index (κ2) is 7.61. The monoisotopic (exact) mass is 331 g/mol. The lowest BCUT2D eigenvalue weighted by Gasteiger charge is -2.21. The molecule has 1 amide bonds. The lowest BCUT2D eigenvalue weighted by Crippen LogP contribution is -2.35. The van der Waals surface area contributed by atoms with Gasteiger partial charge < -0.3 is 4.90 Å². The number of aromatic nitrogens is 3. The predicted octanol–water partition coefficient (Wildman–Crippen LogP) is 1.84. The zero-order valence-electron chi connectivity index (χ0n) is 13.3. The summed E-state index contributed by atoms with van der Waals surface area (Å²) in [5, 5.41) is 3.33. The summed E-state index contributed by atoms with van der Waals surface area (Å²) in [7, 11) is 0. The van der Waals surface area contributed by atoms with Gasteiger partial charge in [0.15, 0.2) is 0 Å². The first-order chi connectivity index (χ1) is 11.3. The summed E-state index contributed by atoms with van der Waals surface area (Å²) in [6.45, 7) is 6.34. The van der Waals surface area contributed by atoms with E-state index in [9.17, 15) is 4.79 Å². The molecule has 0 bridgehead atoms. The summed E-state index contributed by atoms with van der Waals surface area (Å²) in [4.78, 5) is 29.4. The molecule has 1 fully saturated rings. The van der Waals surface area contributed by atoms with Gasteiger partial charge in [-0.15, -0.1) is 11.3 Å². The molecule has 0 saturated carbocycles. The summed E-state index contributed by atoms with van der Waals surface area (Å²) in [6, 6.07) is 0. The minimum Gasteiger partial charge on any atom is -0.336 e. The lowest BCUT2D eigenvalue weighted by molar-refractivity contribution is 0.0754. The Morgan fingerprint density at radius 3 is 2.91 bits per heavy atom. The van der Waals surface area contributed by atoms with Crippen LogP contribution in [0.4, 0.5) is 0 Å². The van der Waals surface area contributed by atoms with Crippen LogP contribution in [0.5, 0.6) is 0 Å². The van der Waals surface area contributed by atoms with Gasteiger partial charge >= 0.3 is 0 Å². The Balaban J connectivity index is 1.57. The van der Waals surface area contributed by atoms with Crippen LogP contribution in [0.3, 0.4) is 0 Å². The maximum Gasteiger partial charge on any atom is 0.274 e. The van der Waals surface area contributed by atoms with Crippen molar-refractivity contribution in [3.05, 3.63) is 40.4 Å². The normalized spacial score (nSPS) is 16.3. The highest BCUT2D eigenvalue weighted by Crippen LogP contribution is 2.14. The Morgan fingerprint density at radius 2 is 2.17 bits per heavy atom. The molecule has 0 spiro atoms. The van der Waals surface area contributed by atoms with Gasteiger partial charge in [-0.25, -0.2) is 9.97 Å². The van der Waals surface area contributed by atoms with Gasteiger partial charge in [0.1, 0.15) is 5.69 Å². The Morgan fingerprint density at radius 1 is 1.26 bits per heavy atom. The molecule has 6 nitrogen and oxygen atoms in total. The molecule has 0 unspecified atom stereocenters. The molecule has 0 aliphatic carbocycles. The Kier molecular flexibility index (Phi) is 5.30. The van der Waals surface area contributed by atoms with Gasteiger partial charge in [-0.2, -0.15) is 0 Å². The number of amides is 1. The van der Waals surface area contributed by atoms with Crippen molar-refractivity contribution in [2.75, 3.05) is 26.2 Å². The zero-order valence-corrected chi connectivity index (χ0v) is 14.1. The second-order valence-electron chi connectivity index (χ2n) is 5.60. The quantitative estimate of drug-likeness (QED) is 0.855. The smallest absolute Gasteiger partial charge is 0.274 e. The van der Waals surface area contributed by atoms with Crippen molar-refractivity contribution in [1.82, 2.24) is 24.8 Å². The molecule has 2 aromatic rings. The minimum absolute atomic E-state index is 0.0260. The molecule has 23 heavy (non-hydrogen) atoms. The fourth-order valence-electron chi connectivity index (χ4n) is 2.72. The van der Waals surface area contributed by atoms with Gasteiger partial charge in [-0.05, 0) is 12.8 Å². The fourth-order valence-corrected chi connectivity index (χ4v) is 3.45. The maximum atomic E-state index is 12.5. The van der Waals surface area contributed by atoms with E-state index in [1.165, 1.54) is 11.2 Å². The van der Waals surface area contributed by atoms with Crippen LogP contribution in [0.15, 0.2) is 24.0 Å². The van der Waals surface area contributed by atoms with E-state index >= 15 is 0 Å². The molecule has 0 atom stereocenters. The van der Waals surface area contributed by atoms with Gasteiger partial charge in [0.2, 0.25) is 0 Å². The van der Waals surface area contributed by atoms with Gasteiger partial charge in [0.05, 0.1) is 16.9 Å². The summed E-state index contributed by atoms with van der Waals surface area (Å²) < 4.78 is 0. The summed E-state index contributed by atoms with van der Waals surface area (Å²) >= 11 is 1.73. The first kappa shape index (κ1) is 16.0. The van der Waals surface area contributed by atoms with E-state index in [-0.39, 0.29) is 5.91 Å². The van der Waals surface area contributed by atoms with Crippen LogP contribution in [-0.4, -0.2) is 56.8 Å². The Hall–Kier alpha value is -1.86. The van der Waals surface area contributed by atoms with Crippen molar-refractivity contribution in [3.63, 3.8) is 0 Å². The number of nitrogens with zero attached hydrogens (tertiary/aromatic N) is 5. The standard InChI is InChI=1S/C16H21N5OS/c1-2-15-19-13(12-23-15)11-20-6-3-7-21(9-8-20)16(22)14-10-17-4-5-18-14/h4-5,10,12H,2-3,6-9,11H2,1H3. The molecule has 3 rings (SSSR count). The highest BCUT2D eigenvalue weighted by molar-refractivity contribution is 7.09. The molecule has 0 aromatic carbocycles. The van der Waals surface area contributed by atoms with Crippen LogP contribution < -0.4 is 0 Å². The molecule has 122 valence electrons. The second-order valence-corrected chi connectivity index (χ2v) is 6.54. The van der Waals surface area contributed by atoms with Crippen molar-refractivity contribution in [2.24, 2.45) is 0 Å². The van der Waals surface area contributed by atoms with E-state index in [0.29, 0.717) is 5.69 Å². The number of rotatable bonds is 4. The van der Waals surface area contributed by atoms with E-state index in [1.807, 2.05) is 4.90 Å². The van der Waals surface area contributed by atoms with Crippen LogP contribution in [0, 0.1) is 0 Å². The topological polar surface area (TPSA) is 62.2 Å². The maximum absolute atomic E-state index is 12.5. The Bertz CT molecular complexity index is 645. The average molecular weight is 331 g/mol. The van der Waals surface area contributed by atoms with Gasteiger partial charge in [0, 0.05) is 50.5 Å². The number of carbonyl (C=O) groups is 1. The van der Waals surface area contributed by atoms with E-state index < -0.39 is 0 Å². The van der Waals surface area contributed by atoms with E-state index in [4.69, 9.17) is 0 Å². The van der Waals surface area contributed by atoms with Crippen LogP contribution in [0.25, 0.3) is 0 Å². The molecule has 1 aliphatic heterocycles. The molecular weight excluding hydrogens is 310 g/mol. The SMILES string of the molecule is CCc1nc(CN2CCCN(C(=O)c3cnccn3)CC2)cs1. The number of hydrogen-bond donors (Lipinski definition) is 0. The molecule has 1 saturated heterocycles.